The summed E-state index contributed by atoms with van der Waals surface area (Å²) in [4.78, 5) is 11.0. The van der Waals surface area contributed by atoms with Gasteiger partial charge >= 0.3 is 5.97 Å². The van der Waals surface area contributed by atoms with Gasteiger partial charge in [-0.2, -0.15) is 0 Å². The number of hydrogen-bond acceptors (Lipinski definition) is 2. The van der Waals surface area contributed by atoms with Crippen molar-refractivity contribution in [3.05, 3.63) is 0 Å². The summed E-state index contributed by atoms with van der Waals surface area (Å²) in [6.07, 6.45) is 3.60. The number of carbonyl (C=O) groups excluding carboxylic acids is 1. The monoisotopic (exact) mass is 170 g/mol. The molecule has 2 nitrogen and oxygen atoms in total. The van der Waals surface area contributed by atoms with Crippen LogP contribution < -0.4 is 0 Å². The molecule has 3 atom stereocenters. The van der Waals surface area contributed by atoms with Crippen molar-refractivity contribution in [2.45, 2.75) is 33.1 Å². The van der Waals surface area contributed by atoms with E-state index in [0.717, 1.165) is 18.3 Å². The van der Waals surface area contributed by atoms with Gasteiger partial charge in [-0.1, -0.05) is 20.3 Å². The number of hydrogen-bond donors (Lipinski definition) is 0. The highest BCUT2D eigenvalue weighted by molar-refractivity contribution is 5.71. The van der Waals surface area contributed by atoms with E-state index in [-0.39, 0.29) is 11.9 Å². The van der Waals surface area contributed by atoms with Crippen molar-refractivity contribution in [2.75, 3.05) is 7.11 Å². The second kappa shape index (κ2) is 3.92. The topological polar surface area (TPSA) is 26.3 Å². The Morgan fingerprint density at radius 2 is 2.25 bits per heavy atom. The first-order valence-corrected chi connectivity index (χ1v) is 4.76. The van der Waals surface area contributed by atoms with E-state index in [1.807, 2.05) is 6.92 Å². The lowest BCUT2D eigenvalue weighted by atomic mass is 10.0. The largest absolute Gasteiger partial charge is 0.469 e. The standard InChI is InChI=1S/C10H18O2/c1-4-8-6-9(8)5-7(2)10(11)12-3/h7-9H,4-6H2,1-3H3/t7?,8?,9-/m1/s1. The SMILES string of the molecule is CCC1C[C@H]1CC(C)C(=O)OC. The Morgan fingerprint density at radius 1 is 1.58 bits per heavy atom. The van der Waals surface area contributed by atoms with Crippen LogP contribution in [-0.4, -0.2) is 13.1 Å². The summed E-state index contributed by atoms with van der Waals surface area (Å²) < 4.78 is 4.67. The zero-order valence-corrected chi connectivity index (χ0v) is 8.17. The molecule has 1 aliphatic rings. The summed E-state index contributed by atoms with van der Waals surface area (Å²) >= 11 is 0. The summed E-state index contributed by atoms with van der Waals surface area (Å²) in [5.41, 5.74) is 0. The van der Waals surface area contributed by atoms with Crippen molar-refractivity contribution in [3.63, 3.8) is 0 Å². The summed E-state index contributed by atoms with van der Waals surface area (Å²) in [5.74, 6) is 1.72. The fourth-order valence-corrected chi connectivity index (χ4v) is 1.85. The van der Waals surface area contributed by atoms with Gasteiger partial charge in [0, 0.05) is 0 Å². The molecule has 0 N–H and O–H groups in total. The summed E-state index contributed by atoms with van der Waals surface area (Å²) in [6.45, 7) is 4.17. The van der Waals surface area contributed by atoms with E-state index in [4.69, 9.17) is 0 Å². The van der Waals surface area contributed by atoms with Gasteiger partial charge in [0.1, 0.15) is 0 Å². The lowest BCUT2D eigenvalue weighted by Crippen LogP contribution is -2.13. The third-order valence-corrected chi connectivity index (χ3v) is 2.85. The van der Waals surface area contributed by atoms with E-state index in [2.05, 4.69) is 11.7 Å². The van der Waals surface area contributed by atoms with Crippen molar-refractivity contribution < 1.29 is 9.53 Å². The van der Waals surface area contributed by atoms with E-state index in [1.165, 1.54) is 20.0 Å². The molecule has 0 aromatic heterocycles. The second-order valence-electron chi connectivity index (χ2n) is 3.82. The Kier molecular flexibility index (Phi) is 3.12. The molecule has 2 heteroatoms. The minimum Gasteiger partial charge on any atom is -0.469 e. The van der Waals surface area contributed by atoms with Crippen LogP contribution in [-0.2, 0) is 9.53 Å². The van der Waals surface area contributed by atoms with E-state index in [1.54, 1.807) is 0 Å². The van der Waals surface area contributed by atoms with Crippen LogP contribution >= 0.6 is 0 Å². The molecule has 0 heterocycles. The number of methoxy groups -OCH3 is 1. The van der Waals surface area contributed by atoms with E-state index in [9.17, 15) is 4.79 Å². The molecule has 0 amide bonds. The fourth-order valence-electron chi connectivity index (χ4n) is 1.85. The van der Waals surface area contributed by atoms with Crippen molar-refractivity contribution in [2.24, 2.45) is 17.8 Å². The summed E-state index contributed by atoms with van der Waals surface area (Å²) in [5, 5.41) is 0. The molecular weight excluding hydrogens is 152 g/mol. The molecule has 0 aromatic rings. The Bertz CT molecular complexity index is 165. The number of rotatable bonds is 4. The number of carbonyl (C=O) groups is 1. The highest BCUT2D eigenvalue weighted by Crippen LogP contribution is 2.45. The van der Waals surface area contributed by atoms with Gasteiger partial charge in [0.15, 0.2) is 0 Å². The Morgan fingerprint density at radius 3 is 2.67 bits per heavy atom. The molecule has 0 radical (unpaired) electrons. The molecular formula is C10H18O2. The maximum Gasteiger partial charge on any atom is 0.308 e. The number of ether oxygens (including phenoxy) is 1. The highest BCUT2D eigenvalue weighted by atomic mass is 16.5. The van der Waals surface area contributed by atoms with Gasteiger partial charge in [-0.05, 0) is 24.7 Å². The van der Waals surface area contributed by atoms with Gasteiger partial charge in [-0.25, -0.2) is 0 Å². The Labute approximate surface area is 74.3 Å². The van der Waals surface area contributed by atoms with E-state index < -0.39 is 0 Å². The van der Waals surface area contributed by atoms with Crippen molar-refractivity contribution >= 4 is 5.97 Å². The van der Waals surface area contributed by atoms with Gasteiger partial charge in [-0.15, -0.1) is 0 Å². The minimum absolute atomic E-state index is 0.0586. The Hall–Kier alpha value is -0.530. The molecule has 0 aliphatic heterocycles. The van der Waals surface area contributed by atoms with Gasteiger partial charge in [0.05, 0.1) is 13.0 Å². The minimum atomic E-state index is -0.0586. The predicted octanol–water partition coefficient (Wildman–Crippen LogP) is 2.23. The van der Waals surface area contributed by atoms with E-state index >= 15 is 0 Å². The van der Waals surface area contributed by atoms with Crippen LogP contribution in [0.25, 0.3) is 0 Å². The van der Waals surface area contributed by atoms with Crippen molar-refractivity contribution in [3.8, 4) is 0 Å². The van der Waals surface area contributed by atoms with Crippen LogP contribution in [0, 0.1) is 17.8 Å². The third kappa shape index (κ3) is 2.23. The molecule has 0 aromatic carbocycles. The van der Waals surface area contributed by atoms with Crippen molar-refractivity contribution in [1.29, 1.82) is 0 Å². The van der Waals surface area contributed by atoms with Gasteiger partial charge in [-0.3, -0.25) is 4.79 Å². The average molecular weight is 170 g/mol. The molecule has 1 aliphatic carbocycles. The molecule has 1 rings (SSSR count). The first-order chi connectivity index (χ1) is 5.69. The van der Waals surface area contributed by atoms with Crippen LogP contribution in [0.2, 0.25) is 0 Å². The van der Waals surface area contributed by atoms with Gasteiger partial charge in [0.2, 0.25) is 0 Å². The van der Waals surface area contributed by atoms with Crippen LogP contribution in [0.4, 0.5) is 0 Å². The normalized spacial score (nSPS) is 29.6. The molecule has 0 saturated heterocycles. The second-order valence-corrected chi connectivity index (χ2v) is 3.82. The molecule has 1 fully saturated rings. The van der Waals surface area contributed by atoms with Crippen LogP contribution in [0.3, 0.4) is 0 Å². The molecule has 12 heavy (non-hydrogen) atoms. The molecule has 2 unspecified atom stereocenters. The van der Waals surface area contributed by atoms with Gasteiger partial charge in [0.25, 0.3) is 0 Å². The lowest BCUT2D eigenvalue weighted by molar-refractivity contribution is -0.145. The zero-order valence-electron chi connectivity index (χ0n) is 8.17. The Balaban J connectivity index is 2.19. The summed E-state index contributed by atoms with van der Waals surface area (Å²) in [7, 11) is 1.46. The van der Waals surface area contributed by atoms with Crippen LogP contribution in [0.1, 0.15) is 33.1 Å². The third-order valence-electron chi connectivity index (χ3n) is 2.85. The van der Waals surface area contributed by atoms with Gasteiger partial charge < -0.3 is 4.74 Å². The molecule has 70 valence electrons. The first kappa shape index (κ1) is 9.56. The average Bonchev–Trinajstić information content (AvgIpc) is 2.81. The predicted molar refractivity (Wildman–Crippen MR) is 47.7 cm³/mol. The maximum absolute atomic E-state index is 11.0. The van der Waals surface area contributed by atoms with Crippen molar-refractivity contribution in [1.82, 2.24) is 0 Å². The molecule has 0 bridgehead atoms. The quantitative estimate of drug-likeness (QED) is 0.605. The summed E-state index contributed by atoms with van der Waals surface area (Å²) in [6, 6.07) is 0. The van der Waals surface area contributed by atoms with E-state index in [0.29, 0.717) is 0 Å². The van der Waals surface area contributed by atoms with Crippen LogP contribution in [0.5, 0.6) is 0 Å². The maximum atomic E-state index is 11.0. The van der Waals surface area contributed by atoms with Crippen LogP contribution in [0.15, 0.2) is 0 Å². The number of esters is 1. The zero-order chi connectivity index (χ0) is 9.14. The molecule has 0 spiro atoms. The first-order valence-electron chi connectivity index (χ1n) is 4.76. The lowest BCUT2D eigenvalue weighted by Gasteiger charge is -2.07. The highest BCUT2D eigenvalue weighted by Gasteiger charge is 2.37. The smallest absolute Gasteiger partial charge is 0.308 e. The fraction of sp³-hybridized carbons (Fsp3) is 0.900. The molecule has 1 saturated carbocycles.